The fraction of sp³-hybridized carbons (Fsp3) is 0.444. The van der Waals surface area contributed by atoms with Gasteiger partial charge >= 0.3 is 5.97 Å². The zero-order valence-electron chi connectivity index (χ0n) is 14.2. The molecule has 2 unspecified atom stereocenters. The lowest BCUT2D eigenvalue weighted by atomic mass is 9.99. The molecule has 0 saturated carbocycles. The summed E-state index contributed by atoms with van der Waals surface area (Å²) in [4.78, 5) is 17.5. The summed E-state index contributed by atoms with van der Waals surface area (Å²) in [5, 5.41) is 11.5. The van der Waals surface area contributed by atoms with Gasteiger partial charge in [-0.2, -0.15) is 0 Å². The van der Waals surface area contributed by atoms with E-state index in [0.717, 1.165) is 11.6 Å². The van der Waals surface area contributed by atoms with E-state index in [1.807, 2.05) is 0 Å². The van der Waals surface area contributed by atoms with Crippen LogP contribution in [0, 0.1) is 13.8 Å². The second-order valence-electron chi connectivity index (χ2n) is 6.39. The number of carboxylic acids is 1. The first kappa shape index (κ1) is 17.1. The fourth-order valence-electron chi connectivity index (χ4n) is 2.98. The van der Waals surface area contributed by atoms with Gasteiger partial charge in [0.1, 0.15) is 5.01 Å². The van der Waals surface area contributed by atoms with E-state index in [4.69, 9.17) is 9.84 Å². The van der Waals surface area contributed by atoms with E-state index < -0.39 is 5.97 Å². The summed E-state index contributed by atoms with van der Waals surface area (Å²) in [7, 11) is 0. The normalized spacial score (nSPS) is 21.8. The molecule has 1 aliphatic heterocycles. The van der Waals surface area contributed by atoms with Crippen LogP contribution < -0.4 is 0 Å². The van der Waals surface area contributed by atoms with Crippen molar-refractivity contribution in [1.29, 1.82) is 0 Å². The Bertz CT molecular complexity index is 744. The Morgan fingerprint density at radius 1 is 1.46 bits per heavy atom. The van der Waals surface area contributed by atoms with Crippen LogP contribution in [-0.4, -0.2) is 40.2 Å². The summed E-state index contributed by atoms with van der Waals surface area (Å²) in [6.45, 7) is 8.44. The van der Waals surface area contributed by atoms with Crippen LogP contribution in [0.5, 0.6) is 0 Å². The van der Waals surface area contributed by atoms with E-state index in [1.165, 1.54) is 28.0 Å². The van der Waals surface area contributed by atoms with Gasteiger partial charge in [-0.1, -0.05) is 23.8 Å². The number of ether oxygens (including phenoxy) is 1. The molecule has 5 nitrogen and oxygen atoms in total. The highest BCUT2D eigenvalue weighted by molar-refractivity contribution is 7.09. The second-order valence-corrected chi connectivity index (χ2v) is 7.33. The third-order valence-corrected chi connectivity index (χ3v) is 5.29. The van der Waals surface area contributed by atoms with E-state index in [-0.39, 0.29) is 17.8 Å². The first-order valence-corrected chi connectivity index (χ1v) is 8.92. The molecule has 1 aromatic heterocycles. The molecule has 1 aromatic carbocycles. The van der Waals surface area contributed by atoms with E-state index in [2.05, 4.69) is 48.9 Å². The van der Waals surface area contributed by atoms with Crippen LogP contribution in [0.15, 0.2) is 23.6 Å². The average Bonchev–Trinajstić information content (AvgIpc) is 3.01. The van der Waals surface area contributed by atoms with Crippen molar-refractivity contribution in [2.45, 2.75) is 39.5 Å². The van der Waals surface area contributed by atoms with Crippen molar-refractivity contribution in [2.24, 2.45) is 0 Å². The number of nitrogens with zero attached hydrogens (tertiary/aromatic N) is 2. The molecule has 2 heterocycles. The maximum Gasteiger partial charge on any atom is 0.355 e. The van der Waals surface area contributed by atoms with E-state index in [9.17, 15) is 4.79 Å². The predicted molar refractivity (Wildman–Crippen MR) is 93.6 cm³/mol. The molecular formula is C18H22N2O3S. The largest absolute Gasteiger partial charge is 0.476 e. The number of carbonyl (C=O) groups is 1. The van der Waals surface area contributed by atoms with Crippen molar-refractivity contribution in [3.8, 4) is 0 Å². The average molecular weight is 346 g/mol. The maximum absolute atomic E-state index is 11.0. The van der Waals surface area contributed by atoms with Gasteiger partial charge in [0.25, 0.3) is 0 Å². The van der Waals surface area contributed by atoms with Gasteiger partial charge in [-0.05, 0) is 31.9 Å². The minimum atomic E-state index is -0.971. The number of rotatable bonds is 4. The molecule has 128 valence electrons. The van der Waals surface area contributed by atoms with Crippen LogP contribution in [-0.2, 0) is 11.3 Å². The first-order chi connectivity index (χ1) is 11.4. The Balaban J connectivity index is 1.75. The number of aromatic nitrogens is 1. The molecule has 1 aliphatic rings. The lowest BCUT2D eigenvalue weighted by Gasteiger charge is -2.38. The first-order valence-electron chi connectivity index (χ1n) is 8.04. The third kappa shape index (κ3) is 3.66. The Hall–Kier alpha value is -1.76. The quantitative estimate of drug-likeness (QED) is 0.919. The zero-order chi connectivity index (χ0) is 17.3. The monoisotopic (exact) mass is 346 g/mol. The van der Waals surface area contributed by atoms with Gasteiger partial charge in [0, 0.05) is 18.0 Å². The van der Waals surface area contributed by atoms with Gasteiger partial charge < -0.3 is 9.84 Å². The van der Waals surface area contributed by atoms with Gasteiger partial charge in [-0.15, -0.1) is 11.3 Å². The molecule has 1 fully saturated rings. The summed E-state index contributed by atoms with van der Waals surface area (Å²) in [5.74, 6) is -0.971. The number of aromatic carboxylic acids is 1. The van der Waals surface area contributed by atoms with Crippen molar-refractivity contribution >= 4 is 17.3 Å². The van der Waals surface area contributed by atoms with E-state index in [1.54, 1.807) is 5.38 Å². The van der Waals surface area contributed by atoms with Crippen molar-refractivity contribution in [1.82, 2.24) is 9.88 Å². The molecule has 2 aromatic rings. The fourth-order valence-corrected chi connectivity index (χ4v) is 3.77. The van der Waals surface area contributed by atoms with Crippen LogP contribution in [0.25, 0.3) is 0 Å². The Morgan fingerprint density at radius 2 is 2.25 bits per heavy atom. The topological polar surface area (TPSA) is 62.7 Å². The lowest BCUT2D eigenvalue weighted by molar-refractivity contribution is -0.0635. The Labute approximate surface area is 145 Å². The SMILES string of the molecule is Cc1ccc(C)c(C2CN(Cc3nc(C(=O)O)cs3)C(C)CO2)c1. The highest BCUT2D eigenvalue weighted by atomic mass is 32.1. The van der Waals surface area contributed by atoms with E-state index >= 15 is 0 Å². The molecule has 24 heavy (non-hydrogen) atoms. The molecule has 1 saturated heterocycles. The minimum absolute atomic E-state index is 0.0417. The number of benzene rings is 1. The van der Waals surface area contributed by atoms with Gasteiger partial charge in [-0.25, -0.2) is 9.78 Å². The van der Waals surface area contributed by atoms with E-state index in [0.29, 0.717) is 13.2 Å². The second kappa shape index (κ2) is 7.01. The molecule has 2 atom stereocenters. The smallest absolute Gasteiger partial charge is 0.355 e. The molecule has 0 amide bonds. The van der Waals surface area contributed by atoms with Crippen molar-refractivity contribution < 1.29 is 14.6 Å². The van der Waals surface area contributed by atoms with Crippen LogP contribution >= 0.6 is 11.3 Å². The summed E-state index contributed by atoms with van der Waals surface area (Å²) >= 11 is 1.40. The summed E-state index contributed by atoms with van der Waals surface area (Å²) in [6.07, 6.45) is 0.0417. The van der Waals surface area contributed by atoms with Gasteiger partial charge in [0.05, 0.1) is 19.3 Å². The van der Waals surface area contributed by atoms with Crippen LogP contribution in [0.4, 0.5) is 0 Å². The number of carboxylic acid groups (broad SMARTS) is 1. The third-order valence-electron chi connectivity index (χ3n) is 4.45. The molecule has 3 rings (SSSR count). The molecule has 0 aliphatic carbocycles. The van der Waals surface area contributed by atoms with Gasteiger partial charge in [0.15, 0.2) is 5.69 Å². The van der Waals surface area contributed by atoms with Crippen LogP contribution in [0.1, 0.15) is 45.2 Å². The molecule has 0 bridgehead atoms. The molecular weight excluding hydrogens is 324 g/mol. The Kier molecular flexibility index (Phi) is 4.99. The molecule has 0 radical (unpaired) electrons. The summed E-state index contributed by atoms with van der Waals surface area (Å²) in [5.41, 5.74) is 3.83. The lowest BCUT2D eigenvalue weighted by Crippen LogP contribution is -2.44. The molecule has 0 spiro atoms. The van der Waals surface area contributed by atoms with Crippen molar-refractivity contribution in [3.05, 3.63) is 51.0 Å². The standard InChI is InChI=1S/C18H22N2O3S/c1-11-4-5-12(2)14(6-11)16-7-20(13(3)9-23-16)8-17-19-15(10-24-17)18(21)22/h4-6,10,13,16H,7-9H2,1-3H3,(H,21,22). The van der Waals surface area contributed by atoms with Crippen molar-refractivity contribution in [2.75, 3.05) is 13.2 Å². The Morgan fingerprint density at radius 3 is 2.96 bits per heavy atom. The number of thiazole rings is 1. The van der Waals surface area contributed by atoms with Crippen LogP contribution in [0.3, 0.4) is 0 Å². The number of hydrogen-bond donors (Lipinski definition) is 1. The number of hydrogen-bond acceptors (Lipinski definition) is 5. The zero-order valence-corrected chi connectivity index (χ0v) is 15.0. The summed E-state index contributed by atoms with van der Waals surface area (Å²) in [6, 6.07) is 6.73. The van der Waals surface area contributed by atoms with Crippen LogP contribution in [0.2, 0.25) is 0 Å². The maximum atomic E-state index is 11.0. The van der Waals surface area contributed by atoms with Gasteiger partial charge in [0.2, 0.25) is 0 Å². The molecule has 1 N–H and O–H groups in total. The molecule has 6 heteroatoms. The predicted octanol–water partition coefficient (Wildman–Crippen LogP) is 3.42. The minimum Gasteiger partial charge on any atom is -0.476 e. The van der Waals surface area contributed by atoms with Crippen molar-refractivity contribution in [3.63, 3.8) is 0 Å². The summed E-state index contributed by atoms with van der Waals surface area (Å²) < 4.78 is 6.07. The number of aryl methyl sites for hydroxylation is 2. The number of morpholine rings is 1. The highest BCUT2D eigenvalue weighted by Crippen LogP contribution is 2.29. The highest BCUT2D eigenvalue weighted by Gasteiger charge is 2.28. The van der Waals surface area contributed by atoms with Gasteiger partial charge in [-0.3, -0.25) is 4.90 Å².